The second kappa shape index (κ2) is 6.23. The van der Waals surface area contributed by atoms with Crippen molar-refractivity contribution < 1.29 is 19.0 Å². The van der Waals surface area contributed by atoms with Crippen LogP contribution in [0.2, 0.25) is 0 Å². The maximum atomic E-state index is 12.7. The highest BCUT2D eigenvalue weighted by atomic mass is 16.6. The topological polar surface area (TPSA) is 44.8 Å². The molecule has 0 spiro atoms. The molecule has 130 valence electrons. The number of carbonyl (C=O) groups excluding carboxylic acids is 1. The Morgan fingerprint density at radius 1 is 0.769 bits per heavy atom. The first-order chi connectivity index (χ1) is 12.7. The van der Waals surface area contributed by atoms with Crippen LogP contribution in [0.25, 0.3) is 0 Å². The van der Waals surface area contributed by atoms with E-state index in [0.29, 0.717) is 11.3 Å². The first-order valence-electron chi connectivity index (χ1n) is 8.31. The number of methoxy groups -OCH3 is 2. The number of cyclic esters (lactones) is 1. The number of para-hydroxylation sites is 1. The zero-order valence-electron chi connectivity index (χ0n) is 14.6. The number of esters is 1. The molecule has 0 saturated carbocycles. The number of benzene rings is 3. The van der Waals surface area contributed by atoms with Gasteiger partial charge in [-0.2, -0.15) is 0 Å². The van der Waals surface area contributed by atoms with Gasteiger partial charge in [0.1, 0.15) is 11.5 Å². The fourth-order valence-electron chi connectivity index (χ4n) is 3.55. The molecule has 0 unspecified atom stereocenters. The highest BCUT2D eigenvalue weighted by Gasteiger charge is 2.49. The Hall–Kier alpha value is -3.27. The smallest absolute Gasteiger partial charge is 0.340 e. The Morgan fingerprint density at radius 3 is 2.12 bits per heavy atom. The summed E-state index contributed by atoms with van der Waals surface area (Å²) in [6, 6.07) is 22.6. The quantitative estimate of drug-likeness (QED) is 0.665. The fraction of sp³-hybridized carbons (Fsp3) is 0.136. The lowest BCUT2D eigenvalue weighted by atomic mass is 9.79. The number of carbonyl (C=O) groups is 1. The third kappa shape index (κ3) is 2.26. The third-order valence-electron chi connectivity index (χ3n) is 4.75. The molecule has 1 atom stereocenters. The summed E-state index contributed by atoms with van der Waals surface area (Å²) in [7, 11) is 3.24. The van der Waals surface area contributed by atoms with E-state index < -0.39 is 5.60 Å². The molecule has 3 aromatic carbocycles. The van der Waals surface area contributed by atoms with Crippen LogP contribution in [-0.4, -0.2) is 20.2 Å². The van der Waals surface area contributed by atoms with Gasteiger partial charge in [-0.05, 0) is 24.3 Å². The highest BCUT2D eigenvalue weighted by Crippen LogP contribution is 2.49. The van der Waals surface area contributed by atoms with Gasteiger partial charge in [0, 0.05) is 16.7 Å². The van der Waals surface area contributed by atoms with Crippen molar-refractivity contribution in [2.45, 2.75) is 5.60 Å². The first-order valence-corrected chi connectivity index (χ1v) is 8.31. The van der Waals surface area contributed by atoms with E-state index in [1.807, 2.05) is 66.7 Å². The molecule has 4 nitrogen and oxygen atoms in total. The van der Waals surface area contributed by atoms with Crippen LogP contribution in [0.15, 0.2) is 72.8 Å². The summed E-state index contributed by atoms with van der Waals surface area (Å²) >= 11 is 0. The van der Waals surface area contributed by atoms with Gasteiger partial charge in [0.25, 0.3) is 0 Å². The predicted octanol–water partition coefficient (Wildman–Crippen LogP) is 4.17. The molecular formula is C22H18O4. The van der Waals surface area contributed by atoms with E-state index in [0.717, 1.165) is 22.4 Å². The minimum Gasteiger partial charge on any atom is -0.497 e. The van der Waals surface area contributed by atoms with Crippen LogP contribution < -0.4 is 9.47 Å². The molecular weight excluding hydrogens is 328 g/mol. The molecule has 0 radical (unpaired) electrons. The van der Waals surface area contributed by atoms with E-state index in [-0.39, 0.29) is 5.97 Å². The number of hydrogen-bond acceptors (Lipinski definition) is 4. The summed E-state index contributed by atoms with van der Waals surface area (Å²) < 4.78 is 16.9. The second-order valence-corrected chi connectivity index (χ2v) is 6.05. The normalized spacial score (nSPS) is 18.2. The highest BCUT2D eigenvalue weighted by molar-refractivity contribution is 5.96. The molecule has 1 aliphatic rings. The SMILES string of the molecule is COc1ccc([C@]2(c3ccccc3OC)OC(=O)c3ccccc32)cc1. The zero-order valence-corrected chi connectivity index (χ0v) is 14.6. The monoisotopic (exact) mass is 346 g/mol. The van der Waals surface area contributed by atoms with Gasteiger partial charge in [-0.15, -0.1) is 0 Å². The molecule has 4 rings (SSSR count). The van der Waals surface area contributed by atoms with E-state index in [4.69, 9.17) is 14.2 Å². The maximum Gasteiger partial charge on any atom is 0.340 e. The van der Waals surface area contributed by atoms with Crippen molar-refractivity contribution >= 4 is 5.97 Å². The number of ether oxygens (including phenoxy) is 3. The lowest BCUT2D eigenvalue weighted by Crippen LogP contribution is -2.30. The molecule has 0 saturated heterocycles. The van der Waals surface area contributed by atoms with E-state index in [1.165, 1.54) is 0 Å². The summed E-state index contributed by atoms with van der Waals surface area (Å²) in [6.45, 7) is 0. The third-order valence-corrected chi connectivity index (χ3v) is 4.75. The van der Waals surface area contributed by atoms with Crippen molar-refractivity contribution in [1.29, 1.82) is 0 Å². The molecule has 0 aliphatic carbocycles. The van der Waals surface area contributed by atoms with Crippen LogP contribution in [-0.2, 0) is 10.3 Å². The van der Waals surface area contributed by atoms with Gasteiger partial charge >= 0.3 is 5.97 Å². The average molecular weight is 346 g/mol. The minimum absolute atomic E-state index is 0.345. The Labute approximate surface area is 152 Å². The van der Waals surface area contributed by atoms with Crippen LogP contribution in [0, 0.1) is 0 Å². The van der Waals surface area contributed by atoms with Crippen LogP contribution in [0.4, 0.5) is 0 Å². The minimum atomic E-state index is -1.06. The van der Waals surface area contributed by atoms with Gasteiger partial charge in [0.2, 0.25) is 0 Å². The van der Waals surface area contributed by atoms with Crippen LogP contribution in [0.3, 0.4) is 0 Å². The molecule has 0 fully saturated rings. The molecule has 0 bridgehead atoms. The molecule has 0 aromatic heterocycles. The Morgan fingerprint density at radius 2 is 1.42 bits per heavy atom. The number of fused-ring (bicyclic) bond motifs is 1. The molecule has 3 aromatic rings. The van der Waals surface area contributed by atoms with Crippen LogP contribution in [0.1, 0.15) is 27.0 Å². The van der Waals surface area contributed by atoms with Crippen molar-refractivity contribution in [3.05, 3.63) is 95.1 Å². The van der Waals surface area contributed by atoms with E-state index in [2.05, 4.69) is 0 Å². The standard InChI is InChI=1S/C22H18O4/c1-24-16-13-11-15(12-14-16)22(19-9-5-6-10-20(19)25-2)18-8-4-3-7-17(18)21(23)26-22/h3-14H,1-2H3/t22-/m0/s1. The average Bonchev–Trinajstić information content (AvgIpc) is 3.02. The van der Waals surface area contributed by atoms with Gasteiger partial charge in [-0.3, -0.25) is 0 Å². The molecule has 4 heteroatoms. The predicted molar refractivity (Wildman–Crippen MR) is 97.7 cm³/mol. The maximum absolute atomic E-state index is 12.7. The second-order valence-electron chi connectivity index (χ2n) is 6.05. The lowest BCUT2D eigenvalue weighted by Gasteiger charge is -2.31. The Kier molecular flexibility index (Phi) is 3.88. The van der Waals surface area contributed by atoms with Crippen molar-refractivity contribution in [2.75, 3.05) is 14.2 Å². The molecule has 1 aliphatic heterocycles. The van der Waals surface area contributed by atoms with Gasteiger partial charge in [0.15, 0.2) is 5.60 Å². The molecule has 0 amide bonds. The van der Waals surface area contributed by atoms with E-state index in [1.54, 1.807) is 20.3 Å². The zero-order chi connectivity index (χ0) is 18.1. The summed E-state index contributed by atoms with van der Waals surface area (Å²) in [6.07, 6.45) is 0. The fourth-order valence-corrected chi connectivity index (χ4v) is 3.55. The summed E-state index contributed by atoms with van der Waals surface area (Å²) in [5, 5.41) is 0. The first kappa shape index (κ1) is 16.2. The van der Waals surface area contributed by atoms with Crippen molar-refractivity contribution in [3.8, 4) is 11.5 Å². The molecule has 0 N–H and O–H groups in total. The molecule has 1 heterocycles. The summed E-state index contributed by atoms with van der Waals surface area (Å²) in [4.78, 5) is 12.7. The van der Waals surface area contributed by atoms with Gasteiger partial charge in [0.05, 0.1) is 19.8 Å². The van der Waals surface area contributed by atoms with Crippen molar-refractivity contribution in [3.63, 3.8) is 0 Å². The van der Waals surface area contributed by atoms with Crippen molar-refractivity contribution in [1.82, 2.24) is 0 Å². The number of hydrogen-bond donors (Lipinski definition) is 0. The van der Waals surface area contributed by atoms with Crippen LogP contribution in [0.5, 0.6) is 11.5 Å². The van der Waals surface area contributed by atoms with Gasteiger partial charge < -0.3 is 14.2 Å². The summed E-state index contributed by atoms with van der Waals surface area (Å²) in [5.74, 6) is 1.05. The lowest BCUT2D eigenvalue weighted by molar-refractivity contribution is 0.0245. The molecule has 26 heavy (non-hydrogen) atoms. The van der Waals surface area contributed by atoms with Gasteiger partial charge in [-0.25, -0.2) is 4.79 Å². The van der Waals surface area contributed by atoms with Crippen LogP contribution >= 0.6 is 0 Å². The van der Waals surface area contributed by atoms with E-state index in [9.17, 15) is 4.79 Å². The largest absolute Gasteiger partial charge is 0.497 e. The van der Waals surface area contributed by atoms with Gasteiger partial charge in [-0.1, -0.05) is 48.5 Å². The number of rotatable bonds is 4. The van der Waals surface area contributed by atoms with Crippen molar-refractivity contribution in [2.24, 2.45) is 0 Å². The summed E-state index contributed by atoms with van der Waals surface area (Å²) in [5.41, 5.74) is 1.92. The Bertz CT molecular complexity index is 962. The van der Waals surface area contributed by atoms with E-state index >= 15 is 0 Å². The Balaban J connectivity index is 2.04.